The molecular weight excluding hydrogens is 244 g/mol. The highest BCUT2D eigenvalue weighted by Gasteiger charge is 2.10. The van der Waals surface area contributed by atoms with Gasteiger partial charge in [0, 0.05) is 31.5 Å². The quantitative estimate of drug-likeness (QED) is 0.716. The summed E-state index contributed by atoms with van der Waals surface area (Å²) in [5, 5.41) is 2.89. The van der Waals surface area contributed by atoms with Crippen molar-refractivity contribution < 1.29 is 14.3 Å². The van der Waals surface area contributed by atoms with Gasteiger partial charge in [-0.25, -0.2) is 0 Å². The third-order valence-electron chi connectivity index (χ3n) is 2.69. The molecule has 0 bridgehead atoms. The third kappa shape index (κ3) is 6.31. The minimum Gasteiger partial charge on any atom is -0.382 e. The van der Waals surface area contributed by atoms with Gasteiger partial charge in [0.2, 0.25) is 5.91 Å². The molecule has 106 valence electrons. The average Bonchev–Trinajstić information content (AvgIpc) is 2.37. The fourth-order valence-electron chi connectivity index (χ4n) is 1.70. The molecule has 0 aliphatic rings. The van der Waals surface area contributed by atoms with Gasteiger partial charge in [0.15, 0.2) is 0 Å². The smallest absolute Gasteiger partial charge is 0.246 e. The fraction of sp³-hybridized carbons (Fsp3) is 0.571. The van der Waals surface area contributed by atoms with Crippen LogP contribution in [0.1, 0.15) is 18.2 Å². The van der Waals surface area contributed by atoms with Gasteiger partial charge in [0.1, 0.15) is 6.61 Å². The first-order valence-corrected chi connectivity index (χ1v) is 6.40. The Labute approximate surface area is 114 Å². The minimum absolute atomic E-state index is 0.0344. The summed E-state index contributed by atoms with van der Waals surface area (Å²) in [5.41, 5.74) is 2.15. The number of carbonyl (C=O) groups excluding carboxylic acids is 1. The molecule has 0 aromatic carbocycles. The van der Waals surface area contributed by atoms with E-state index in [1.807, 2.05) is 26.0 Å². The van der Waals surface area contributed by atoms with Crippen LogP contribution in [0.4, 0.5) is 0 Å². The maximum Gasteiger partial charge on any atom is 0.246 e. The first kappa shape index (κ1) is 15.6. The number of pyridine rings is 1. The Morgan fingerprint density at radius 1 is 1.47 bits per heavy atom. The van der Waals surface area contributed by atoms with E-state index in [1.165, 1.54) is 0 Å². The van der Waals surface area contributed by atoms with Gasteiger partial charge in [0.25, 0.3) is 0 Å². The number of ether oxygens (including phenoxy) is 2. The van der Waals surface area contributed by atoms with E-state index in [0.29, 0.717) is 13.2 Å². The molecule has 0 aliphatic heterocycles. The molecule has 1 atom stereocenters. The lowest BCUT2D eigenvalue weighted by Crippen LogP contribution is -2.37. The van der Waals surface area contributed by atoms with Crippen molar-refractivity contribution in [2.24, 2.45) is 0 Å². The van der Waals surface area contributed by atoms with Crippen LogP contribution in [0.25, 0.3) is 0 Å². The van der Waals surface area contributed by atoms with Gasteiger partial charge in [-0.15, -0.1) is 0 Å². The molecule has 5 heteroatoms. The Kier molecular flexibility index (Phi) is 7.07. The van der Waals surface area contributed by atoms with E-state index < -0.39 is 0 Å². The Morgan fingerprint density at radius 3 is 2.95 bits per heavy atom. The second-order valence-corrected chi connectivity index (χ2v) is 4.49. The van der Waals surface area contributed by atoms with Crippen molar-refractivity contribution in [3.63, 3.8) is 0 Å². The van der Waals surface area contributed by atoms with Crippen LogP contribution in [0.3, 0.4) is 0 Å². The normalized spacial score (nSPS) is 12.2. The molecule has 5 nitrogen and oxygen atoms in total. The maximum absolute atomic E-state index is 11.6. The number of methoxy groups -OCH3 is 1. The summed E-state index contributed by atoms with van der Waals surface area (Å²) in [6, 6.07) is 3.96. The molecule has 1 N–H and O–H groups in total. The molecule has 0 unspecified atom stereocenters. The second-order valence-electron chi connectivity index (χ2n) is 4.49. The molecule has 1 aromatic rings. The van der Waals surface area contributed by atoms with E-state index in [4.69, 9.17) is 9.47 Å². The van der Waals surface area contributed by atoms with E-state index >= 15 is 0 Å². The third-order valence-corrected chi connectivity index (χ3v) is 2.69. The van der Waals surface area contributed by atoms with Gasteiger partial charge < -0.3 is 14.8 Å². The van der Waals surface area contributed by atoms with Crippen LogP contribution < -0.4 is 5.32 Å². The number of rotatable bonds is 8. The van der Waals surface area contributed by atoms with Crippen molar-refractivity contribution in [2.45, 2.75) is 26.3 Å². The van der Waals surface area contributed by atoms with E-state index in [2.05, 4.69) is 10.3 Å². The van der Waals surface area contributed by atoms with Gasteiger partial charge >= 0.3 is 0 Å². The van der Waals surface area contributed by atoms with Crippen molar-refractivity contribution in [3.05, 3.63) is 29.6 Å². The summed E-state index contributed by atoms with van der Waals surface area (Å²) < 4.78 is 9.99. The van der Waals surface area contributed by atoms with Crippen LogP contribution in [0.2, 0.25) is 0 Å². The first-order chi connectivity index (χ1) is 9.13. The summed E-state index contributed by atoms with van der Waals surface area (Å²) >= 11 is 0. The Morgan fingerprint density at radius 2 is 2.26 bits per heavy atom. The molecule has 19 heavy (non-hydrogen) atoms. The average molecular weight is 266 g/mol. The molecule has 0 aliphatic carbocycles. The number of amides is 1. The highest BCUT2D eigenvalue weighted by atomic mass is 16.5. The molecule has 1 heterocycles. The number of aryl methyl sites for hydroxylation is 1. The number of nitrogens with one attached hydrogen (secondary N) is 1. The monoisotopic (exact) mass is 266 g/mol. The van der Waals surface area contributed by atoms with Crippen molar-refractivity contribution in [1.29, 1.82) is 0 Å². The number of carbonyl (C=O) groups is 1. The largest absolute Gasteiger partial charge is 0.382 e. The second kappa shape index (κ2) is 8.61. The number of aromatic nitrogens is 1. The standard InChI is InChI=1S/C14H22N2O3/c1-11-5-4-6-15-13(11)9-12(2)16-14(17)10-19-8-7-18-3/h4-6,12H,7-10H2,1-3H3,(H,16,17)/t12-/m1/s1. The highest BCUT2D eigenvalue weighted by molar-refractivity contribution is 5.77. The first-order valence-electron chi connectivity index (χ1n) is 6.40. The zero-order valence-corrected chi connectivity index (χ0v) is 11.8. The van der Waals surface area contributed by atoms with Crippen molar-refractivity contribution in [2.75, 3.05) is 26.9 Å². The van der Waals surface area contributed by atoms with Gasteiger partial charge in [0.05, 0.1) is 13.2 Å². The summed E-state index contributed by atoms with van der Waals surface area (Å²) in [5.74, 6) is -0.114. The van der Waals surface area contributed by atoms with E-state index in [0.717, 1.165) is 17.7 Å². The number of hydrogen-bond acceptors (Lipinski definition) is 4. The Bertz CT molecular complexity index is 396. The molecule has 0 radical (unpaired) electrons. The fourth-order valence-corrected chi connectivity index (χ4v) is 1.70. The molecule has 1 rings (SSSR count). The molecule has 0 fully saturated rings. The lowest BCUT2D eigenvalue weighted by Gasteiger charge is -2.14. The zero-order valence-electron chi connectivity index (χ0n) is 11.8. The maximum atomic E-state index is 11.6. The predicted octanol–water partition coefficient (Wildman–Crippen LogP) is 1.10. The lowest BCUT2D eigenvalue weighted by atomic mass is 10.1. The van der Waals surface area contributed by atoms with Crippen LogP contribution >= 0.6 is 0 Å². The topological polar surface area (TPSA) is 60.5 Å². The van der Waals surface area contributed by atoms with Crippen LogP contribution in [-0.2, 0) is 20.7 Å². The van der Waals surface area contributed by atoms with Crippen LogP contribution in [-0.4, -0.2) is 43.9 Å². The Balaban J connectivity index is 2.29. The SMILES string of the molecule is COCCOCC(=O)N[C@H](C)Cc1ncccc1C. The Hall–Kier alpha value is -1.46. The molecular formula is C14H22N2O3. The van der Waals surface area contributed by atoms with Crippen molar-refractivity contribution in [3.8, 4) is 0 Å². The van der Waals surface area contributed by atoms with Crippen LogP contribution in [0.15, 0.2) is 18.3 Å². The highest BCUT2D eigenvalue weighted by Crippen LogP contribution is 2.06. The summed E-state index contributed by atoms with van der Waals surface area (Å²) in [6.45, 7) is 4.97. The predicted molar refractivity (Wildman–Crippen MR) is 73.0 cm³/mol. The number of nitrogens with zero attached hydrogens (tertiary/aromatic N) is 1. The van der Waals surface area contributed by atoms with Crippen LogP contribution in [0, 0.1) is 6.92 Å². The van der Waals surface area contributed by atoms with Gasteiger partial charge in [-0.05, 0) is 25.5 Å². The summed E-state index contributed by atoms with van der Waals surface area (Å²) in [4.78, 5) is 15.9. The lowest BCUT2D eigenvalue weighted by molar-refractivity contribution is -0.126. The molecule has 0 saturated heterocycles. The van der Waals surface area contributed by atoms with Gasteiger partial charge in [-0.3, -0.25) is 9.78 Å². The van der Waals surface area contributed by atoms with E-state index in [-0.39, 0.29) is 18.6 Å². The molecule has 1 amide bonds. The summed E-state index contributed by atoms with van der Waals surface area (Å²) in [7, 11) is 1.60. The molecule has 0 spiro atoms. The van der Waals surface area contributed by atoms with E-state index in [1.54, 1.807) is 13.3 Å². The minimum atomic E-state index is -0.114. The van der Waals surface area contributed by atoms with Gasteiger partial charge in [-0.1, -0.05) is 6.07 Å². The number of hydrogen-bond donors (Lipinski definition) is 1. The van der Waals surface area contributed by atoms with Crippen molar-refractivity contribution >= 4 is 5.91 Å². The van der Waals surface area contributed by atoms with E-state index in [9.17, 15) is 4.79 Å². The van der Waals surface area contributed by atoms with Crippen molar-refractivity contribution in [1.82, 2.24) is 10.3 Å². The zero-order chi connectivity index (χ0) is 14.1. The van der Waals surface area contributed by atoms with Crippen LogP contribution in [0.5, 0.6) is 0 Å². The molecule has 0 saturated carbocycles. The summed E-state index contributed by atoms with van der Waals surface area (Å²) in [6.07, 6.45) is 2.49. The van der Waals surface area contributed by atoms with Gasteiger partial charge in [-0.2, -0.15) is 0 Å². The molecule has 1 aromatic heterocycles.